The molecule has 0 radical (unpaired) electrons. The number of hydrogen-bond acceptors (Lipinski definition) is 8. The van der Waals surface area contributed by atoms with Crippen LogP contribution >= 0.6 is 21.3 Å². The van der Waals surface area contributed by atoms with Crippen molar-refractivity contribution in [1.29, 1.82) is 0 Å². The number of hydrogen-bond donors (Lipinski definition) is 0. The van der Waals surface area contributed by atoms with Crippen LogP contribution in [0.3, 0.4) is 0 Å². The third-order valence-electron chi connectivity index (χ3n) is 5.34. The second kappa shape index (κ2) is 36.2. The van der Waals surface area contributed by atoms with Crippen molar-refractivity contribution >= 4 is 33.3 Å². The molecule has 1 atom stereocenters. The summed E-state index contributed by atoms with van der Waals surface area (Å²) in [4.78, 5) is 45.6. The van der Waals surface area contributed by atoms with Gasteiger partial charge in [-0.1, -0.05) is 84.0 Å². The molecule has 0 aromatic heterocycles. The van der Waals surface area contributed by atoms with Crippen LogP contribution in [-0.4, -0.2) is 31.3 Å². The first-order valence-corrected chi connectivity index (χ1v) is 15.2. The zero-order valence-electron chi connectivity index (χ0n) is 26.2. The summed E-state index contributed by atoms with van der Waals surface area (Å²) in [5.74, 6) is 23.5. The average molecular weight is 683 g/mol. The second-order valence-corrected chi connectivity index (χ2v) is 9.99. The summed E-state index contributed by atoms with van der Waals surface area (Å²) in [6, 6.07) is 0. The largest absolute Gasteiger partial charge is 1.00 e. The van der Waals surface area contributed by atoms with E-state index in [0.29, 0.717) is 6.42 Å². The van der Waals surface area contributed by atoms with Crippen LogP contribution in [-0.2, 0) is 28.2 Å². The van der Waals surface area contributed by atoms with E-state index in [-0.39, 0.29) is 94.7 Å². The molecule has 8 nitrogen and oxygen atoms in total. The van der Waals surface area contributed by atoms with Gasteiger partial charge in [0.2, 0.25) is 0 Å². The Balaban J connectivity index is -0.0000000879. The SMILES string of the molecule is C#CC#CC#CC#CC#CC#CC(=O)OC[C@@H](COP(=O)([O-])[O-])OC(=O)CCCCCCCCCCCCCCC.S.[HH].[HH].[HH].[HH].[HH].[HH].[HH].[HH].[HH].[HH].[HH].[Na+].[Na+]. The van der Waals surface area contributed by atoms with Crippen LogP contribution in [0.25, 0.3) is 0 Å². The monoisotopic (exact) mass is 682 g/mol. The minimum Gasteiger partial charge on any atom is -0.790 e. The van der Waals surface area contributed by atoms with E-state index in [4.69, 9.17) is 15.9 Å². The maximum atomic E-state index is 12.2. The quantitative estimate of drug-likeness (QED) is 0.0447. The van der Waals surface area contributed by atoms with Crippen LogP contribution in [0.2, 0.25) is 0 Å². The van der Waals surface area contributed by atoms with E-state index < -0.39 is 39.1 Å². The predicted octanol–water partition coefficient (Wildman–Crippen LogP) is 0.245. The zero-order chi connectivity index (χ0) is 30.4. The predicted molar refractivity (Wildman–Crippen MR) is 186 cm³/mol. The molecular weight excluding hydrogens is 621 g/mol. The Morgan fingerprint density at radius 3 is 1.61 bits per heavy atom. The van der Waals surface area contributed by atoms with Gasteiger partial charge in [0.1, 0.15) is 6.61 Å². The molecule has 0 aliphatic heterocycles. The van der Waals surface area contributed by atoms with Crippen LogP contribution in [0, 0.1) is 71.5 Å². The van der Waals surface area contributed by atoms with E-state index in [2.05, 4.69) is 76.6 Å². The number of rotatable bonds is 20. The molecule has 0 aliphatic carbocycles. The molecule has 0 aliphatic rings. The van der Waals surface area contributed by atoms with Crippen LogP contribution in [0.15, 0.2) is 0 Å². The van der Waals surface area contributed by atoms with Crippen molar-refractivity contribution in [3.05, 3.63) is 0 Å². The Hall–Kier alpha value is -1.24. The fourth-order valence-corrected chi connectivity index (χ4v) is 3.71. The van der Waals surface area contributed by atoms with Gasteiger partial charge in [0, 0.05) is 28.0 Å². The fraction of sp³-hybridized carbons (Fsp3) is 0.562. The molecule has 0 heterocycles. The van der Waals surface area contributed by atoms with Gasteiger partial charge in [-0.25, -0.2) is 4.79 Å². The first-order valence-electron chi connectivity index (χ1n) is 13.8. The topological polar surface area (TPSA) is 125 Å². The second-order valence-electron chi connectivity index (χ2n) is 8.84. The molecule has 250 valence electrons. The summed E-state index contributed by atoms with van der Waals surface area (Å²) < 4.78 is 25.0. The van der Waals surface area contributed by atoms with E-state index >= 15 is 0 Å². The molecule has 44 heavy (non-hydrogen) atoms. The summed E-state index contributed by atoms with van der Waals surface area (Å²) in [5, 5.41) is 0. The number of unbranched alkanes of at least 4 members (excludes halogenated alkanes) is 12. The fourth-order valence-electron chi connectivity index (χ4n) is 3.36. The molecule has 0 aromatic carbocycles. The Labute approximate surface area is 331 Å². The number of phosphoric ester groups is 1. The van der Waals surface area contributed by atoms with Gasteiger partial charge in [0.25, 0.3) is 0 Å². The number of terminal acetylenes is 1. The van der Waals surface area contributed by atoms with Gasteiger partial charge in [-0.2, -0.15) is 13.5 Å². The van der Waals surface area contributed by atoms with Crippen molar-refractivity contribution in [2.45, 2.75) is 103 Å². The summed E-state index contributed by atoms with van der Waals surface area (Å²) in [5.41, 5.74) is 0. The Morgan fingerprint density at radius 1 is 0.727 bits per heavy atom. The number of esters is 2. The summed E-state index contributed by atoms with van der Waals surface area (Å²) in [6.07, 6.45) is 18.8. The first kappa shape index (κ1) is 49.6. The number of carbonyl (C=O) groups excluding carboxylic acids is 2. The van der Waals surface area contributed by atoms with Crippen molar-refractivity contribution in [3.8, 4) is 71.5 Å². The molecule has 0 bridgehead atoms. The number of phosphoric acid groups is 1. The van der Waals surface area contributed by atoms with E-state index in [0.717, 1.165) is 19.3 Å². The summed E-state index contributed by atoms with van der Waals surface area (Å²) in [6.45, 7) is 0.882. The van der Waals surface area contributed by atoms with Gasteiger partial charge < -0.3 is 28.3 Å². The molecule has 0 aromatic rings. The van der Waals surface area contributed by atoms with Crippen LogP contribution < -0.4 is 68.9 Å². The molecule has 0 rings (SSSR count). The van der Waals surface area contributed by atoms with Crippen LogP contribution in [0.1, 0.15) is 113 Å². The van der Waals surface area contributed by atoms with E-state index in [1.807, 2.05) is 0 Å². The van der Waals surface area contributed by atoms with Crippen molar-refractivity contribution in [2.24, 2.45) is 0 Å². The molecule has 0 N–H and O–H groups in total. The molecular formula is C32H61Na2O8PS. The Morgan fingerprint density at radius 2 is 1.16 bits per heavy atom. The van der Waals surface area contributed by atoms with E-state index in [9.17, 15) is 23.9 Å². The zero-order valence-corrected chi connectivity index (χ0v) is 32.1. The van der Waals surface area contributed by atoms with Gasteiger partial charge in [0.05, 0.1) is 14.4 Å². The number of carbonyl (C=O) groups is 2. The van der Waals surface area contributed by atoms with E-state index in [1.165, 1.54) is 57.8 Å². The molecule has 0 saturated carbocycles. The maximum absolute atomic E-state index is 12.2. The maximum Gasteiger partial charge on any atom is 1.00 e. The third kappa shape index (κ3) is 38.8. The van der Waals surface area contributed by atoms with Crippen molar-refractivity contribution in [2.75, 3.05) is 13.2 Å². The van der Waals surface area contributed by atoms with E-state index in [1.54, 1.807) is 0 Å². The summed E-state index contributed by atoms with van der Waals surface area (Å²) >= 11 is 0. The molecule has 0 saturated heterocycles. The molecule has 12 heteroatoms. The minimum absolute atomic E-state index is 0. The van der Waals surface area contributed by atoms with Gasteiger partial charge >= 0.3 is 71.1 Å². The van der Waals surface area contributed by atoms with Crippen LogP contribution in [0.5, 0.6) is 0 Å². The van der Waals surface area contributed by atoms with Crippen molar-refractivity contribution in [1.82, 2.24) is 0 Å². The van der Waals surface area contributed by atoms with Crippen molar-refractivity contribution < 1.29 is 113 Å². The average Bonchev–Trinajstić information content (AvgIpc) is 2.93. The third-order valence-corrected chi connectivity index (χ3v) is 5.80. The molecule has 0 spiro atoms. The van der Waals surface area contributed by atoms with Gasteiger partial charge in [-0.3, -0.25) is 4.79 Å². The standard InChI is InChI=1S/C32H39O8P.2Na.H2S.11H2/c1-3-5-7-9-11-13-15-16-17-19-21-23-25-27-32(34)40-30(29-39-41(35,36)37)28-38-31(33)26-24-22-20-18-14-12-10-8-6-4-2;;;;;;;;;;;;;;/h2,30H,3,5,7,9,11,13,15-17,19,21,23,25,27-29H2,1H3,(H2,35,36,37);;;1H2;11*1H/q;2*+1;;;;;;;;;;;;/p-2/t30-;;;;;;;;;;;;;;/m0............../s1. The first-order chi connectivity index (χ1) is 19.8. The Kier molecular flexibility index (Phi) is 40.9. The van der Waals surface area contributed by atoms with Crippen molar-refractivity contribution in [3.63, 3.8) is 0 Å². The van der Waals surface area contributed by atoms with Gasteiger partial charge in [0.15, 0.2) is 6.10 Å². The van der Waals surface area contributed by atoms with Gasteiger partial charge in [-0.05, 0) is 65.6 Å². The molecule has 0 unspecified atom stereocenters. The van der Waals surface area contributed by atoms with Gasteiger partial charge in [-0.15, -0.1) is 6.42 Å². The minimum atomic E-state index is -5.32. The number of ether oxygens (including phenoxy) is 2. The molecule has 0 fully saturated rings. The smallest absolute Gasteiger partial charge is 0.790 e. The molecule has 0 amide bonds. The Bertz CT molecular complexity index is 1240. The summed E-state index contributed by atoms with van der Waals surface area (Å²) in [7, 11) is -5.32. The normalized spacial score (nSPS) is 9.50. The van der Waals surface area contributed by atoms with Crippen LogP contribution in [0.4, 0.5) is 0 Å².